The lowest BCUT2D eigenvalue weighted by molar-refractivity contribution is -0.124. The normalized spacial score (nSPS) is 15.9. The van der Waals surface area contributed by atoms with E-state index in [1.54, 1.807) is 30.3 Å². The van der Waals surface area contributed by atoms with Gasteiger partial charge in [-0.3, -0.25) is 4.79 Å². The quantitative estimate of drug-likeness (QED) is 0.692. The van der Waals surface area contributed by atoms with Gasteiger partial charge in [-0.25, -0.2) is 9.18 Å². The lowest BCUT2D eigenvalue weighted by atomic mass is 9.63. The number of fused-ring (bicyclic) bond motifs is 1. The first kappa shape index (κ1) is 14.7. The smallest absolute Gasteiger partial charge is 0.323 e. The van der Waals surface area contributed by atoms with Gasteiger partial charge in [0.15, 0.2) is 0 Å². The number of H-pyrrole nitrogens is 2. The molecule has 4 rings (SSSR count). The maximum absolute atomic E-state index is 13.6. The van der Waals surface area contributed by atoms with Crippen molar-refractivity contribution in [2.75, 3.05) is 5.32 Å². The molecular weight excluding hydrogens is 309 g/mol. The average molecular weight is 325 g/mol. The van der Waals surface area contributed by atoms with E-state index in [1.807, 2.05) is 0 Å². The number of hydrogen-bond donors (Lipinski definition) is 3. The number of aromatic amines is 2. The molecule has 1 fully saturated rings. The van der Waals surface area contributed by atoms with Gasteiger partial charge in [-0.1, -0.05) is 18.6 Å². The molecule has 3 N–H and O–H groups in total. The zero-order chi connectivity index (χ0) is 16.7. The standard InChI is InChI=1S/C18H16FN3O2/c19-12-4-1-3-11(9-12)18(7-2-8-18)16(23)20-13-5-6-14-15(10-13)22-17(24)21-14/h1,3-6,9-10H,2,7-8H2,(H,20,23)(H2,21,22,24). The number of rotatable bonds is 3. The minimum atomic E-state index is -0.678. The van der Waals surface area contributed by atoms with Crippen LogP contribution in [0, 0.1) is 5.82 Å². The maximum atomic E-state index is 13.6. The Kier molecular flexibility index (Phi) is 3.26. The molecule has 1 aromatic heterocycles. The Balaban J connectivity index is 1.65. The summed E-state index contributed by atoms with van der Waals surface area (Å²) < 4.78 is 13.6. The fraction of sp³-hybridized carbons (Fsp3) is 0.222. The highest BCUT2D eigenvalue weighted by atomic mass is 19.1. The Bertz CT molecular complexity index is 985. The lowest BCUT2D eigenvalue weighted by Crippen LogP contribution is -2.46. The Labute approximate surface area is 136 Å². The molecule has 6 heteroatoms. The Hall–Kier alpha value is -2.89. The number of amides is 1. The minimum Gasteiger partial charge on any atom is -0.325 e. The van der Waals surface area contributed by atoms with E-state index in [0.29, 0.717) is 35.1 Å². The summed E-state index contributed by atoms with van der Waals surface area (Å²) in [6.07, 6.45) is 2.34. The second kappa shape index (κ2) is 5.33. The topological polar surface area (TPSA) is 77.8 Å². The van der Waals surface area contributed by atoms with Crippen molar-refractivity contribution in [3.8, 4) is 0 Å². The lowest BCUT2D eigenvalue weighted by Gasteiger charge is -2.40. The number of benzene rings is 2. The van der Waals surface area contributed by atoms with Crippen molar-refractivity contribution in [1.29, 1.82) is 0 Å². The number of aromatic nitrogens is 2. The van der Waals surface area contributed by atoms with Crippen LogP contribution in [-0.4, -0.2) is 15.9 Å². The summed E-state index contributed by atoms with van der Waals surface area (Å²) in [4.78, 5) is 29.5. The fourth-order valence-electron chi connectivity index (χ4n) is 3.32. The molecule has 0 bridgehead atoms. The van der Waals surface area contributed by atoms with Gasteiger partial charge >= 0.3 is 5.69 Å². The van der Waals surface area contributed by atoms with Gasteiger partial charge < -0.3 is 15.3 Å². The molecular formula is C18H16FN3O2. The van der Waals surface area contributed by atoms with E-state index in [1.165, 1.54) is 12.1 Å². The van der Waals surface area contributed by atoms with Crippen LogP contribution in [0.25, 0.3) is 11.0 Å². The highest BCUT2D eigenvalue weighted by Gasteiger charge is 2.45. The third-order valence-corrected chi connectivity index (χ3v) is 4.79. The van der Waals surface area contributed by atoms with Crippen LogP contribution >= 0.6 is 0 Å². The Morgan fingerprint density at radius 1 is 1.08 bits per heavy atom. The molecule has 0 unspecified atom stereocenters. The summed E-state index contributed by atoms with van der Waals surface area (Å²) in [6.45, 7) is 0. The second-order valence-electron chi connectivity index (χ2n) is 6.24. The number of hydrogen-bond acceptors (Lipinski definition) is 2. The molecule has 3 aromatic rings. The molecule has 24 heavy (non-hydrogen) atoms. The fourth-order valence-corrected chi connectivity index (χ4v) is 3.32. The summed E-state index contributed by atoms with van der Waals surface area (Å²) in [5, 5.41) is 2.91. The minimum absolute atomic E-state index is 0.142. The van der Waals surface area contributed by atoms with Crippen molar-refractivity contribution in [2.45, 2.75) is 24.7 Å². The molecule has 1 saturated carbocycles. The van der Waals surface area contributed by atoms with Crippen molar-refractivity contribution < 1.29 is 9.18 Å². The second-order valence-corrected chi connectivity index (χ2v) is 6.24. The molecule has 1 amide bonds. The number of halogens is 1. The van der Waals surface area contributed by atoms with Crippen LogP contribution in [0.3, 0.4) is 0 Å². The SMILES string of the molecule is O=C(Nc1ccc2[nH]c(=O)[nH]c2c1)C1(c2cccc(F)c2)CCC1. The first-order valence-electron chi connectivity index (χ1n) is 7.86. The van der Waals surface area contributed by atoms with Crippen molar-refractivity contribution in [2.24, 2.45) is 0 Å². The molecule has 1 aliphatic rings. The third kappa shape index (κ3) is 2.31. The maximum Gasteiger partial charge on any atom is 0.323 e. The van der Waals surface area contributed by atoms with E-state index in [-0.39, 0.29) is 17.4 Å². The monoisotopic (exact) mass is 325 g/mol. The highest BCUT2D eigenvalue weighted by molar-refractivity contribution is 6.00. The van der Waals surface area contributed by atoms with E-state index < -0.39 is 5.41 Å². The molecule has 1 aliphatic carbocycles. The number of imidazole rings is 1. The van der Waals surface area contributed by atoms with Crippen molar-refractivity contribution in [1.82, 2.24) is 9.97 Å². The van der Waals surface area contributed by atoms with Gasteiger partial charge in [-0.15, -0.1) is 0 Å². The molecule has 2 aromatic carbocycles. The van der Waals surface area contributed by atoms with Crippen molar-refractivity contribution >= 4 is 22.6 Å². The van der Waals surface area contributed by atoms with Gasteiger partial charge in [0.2, 0.25) is 5.91 Å². The van der Waals surface area contributed by atoms with E-state index in [9.17, 15) is 14.0 Å². The van der Waals surface area contributed by atoms with Crippen LogP contribution in [0.1, 0.15) is 24.8 Å². The molecule has 0 aliphatic heterocycles. The Morgan fingerprint density at radius 2 is 1.88 bits per heavy atom. The van der Waals surface area contributed by atoms with Crippen LogP contribution in [0.15, 0.2) is 47.3 Å². The summed E-state index contributed by atoms with van der Waals surface area (Å²) in [5.74, 6) is -0.477. The largest absolute Gasteiger partial charge is 0.325 e. The average Bonchev–Trinajstić information content (AvgIpc) is 2.85. The van der Waals surface area contributed by atoms with Gasteiger partial charge in [0.1, 0.15) is 5.82 Å². The van der Waals surface area contributed by atoms with E-state index in [0.717, 1.165) is 6.42 Å². The number of carbonyl (C=O) groups excluding carboxylic acids is 1. The molecule has 0 saturated heterocycles. The highest BCUT2D eigenvalue weighted by Crippen LogP contribution is 2.44. The number of carbonyl (C=O) groups is 1. The summed E-state index contributed by atoms with van der Waals surface area (Å²) >= 11 is 0. The van der Waals surface area contributed by atoms with Gasteiger partial charge in [-0.05, 0) is 48.7 Å². The van der Waals surface area contributed by atoms with Crippen LogP contribution in [0.2, 0.25) is 0 Å². The summed E-state index contributed by atoms with van der Waals surface area (Å²) in [5.41, 5.74) is 1.66. The van der Waals surface area contributed by atoms with Gasteiger partial charge in [-0.2, -0.15) is 0 Å². The predicted octanol–water partition coefficient (Wildman–Crippen LogP) is 3.06. The zero-order valence-electron chi connectivity index (χ0n) is 12.9. The van der Waals surface area contributed by atoms with Crippen LogP contribution in [0.4, 0.5) is 10.1 Å². The first-order valence-corrected chi connectivity index (χ1v) is 7.86. The molecule has 0 spiro atoms. The number of anilines is 1. The predicted molar refractivity (Wildman–Crippen MR) is 89.5 cm³/mol. The third-order valence-electron chi connectivity index (χ3n) is 4.79. The van der Waals surface area contributed by atoms with Crippen LogP contribution < -0.4 is 11.0 Å². The van der Waals surface area contributed by atoms with E-state index in [2.05, 4.69) is 15.3 Å². The first-order chi connectivity index (χ1) is 11.6. The molecule has 5 nitrogen and oxygen atoms in total. The van der Waals surface area contributed by atoms with E-state index >= 15 is 0 Å². The summed E-state index contributed by atoms with van der Waals surface area (Å²) in [6, 6.07) is 11.4. The van der Waals surface area contributed by atoms with Crippen molar-refractivity contribution in [3.63, 3.8) is 0 Å². The number of nitrogens with one attached hydrogen (secondary N) is 3. The van der Waals surface area contributed by atoms with Crippen LogP contribution in [0.5, 0.6) is 0 Å². The van der Waals surface area contributed by atoms with Crippen molar-refractivity contribution in [3.05, 3.63) is 64.3 Å². The molecule has 122 valence electrons. The Morgan fingerprint density at radius 3 is 2.58 bits per heavy atom. The van der Waals surface area contributed by atoms with E-state index in [4.69, 9.17) is 0 Å². The van der Waals surface area contributed by atoms with Crippen LogP contribution in [-0.2, 0) is 10.2 Å². The molecule has 0 atom stereocenters. The summed E-state index contributed by atoms with van der Waals surface area (Å²) in [7, 11) is 0. The van der Waals surface area contributed by atoms with Gasteiger partial charge in [0.05, 0.1) is 16.4 Å². The van der Waals surface area contributed by atoms with Gasteiger partial charge in [0, 0.05) is 5.69 Å². The zero-order valence-corrected chi connectivity index (χ0v) is 12.9. The molecule has 1 heterocycles. The molecule has 0 radical (unpaired) electrons. The van der Waals surface area contributed by atoms with Gasteiger partial charge in [0.25, 0.3) is 0 Å².